The van der Waals surface area contributed by atoms with E-state index in [-0.39, 0.29) is 18.6 Å². The van der Waals surface area contributed by atoms with Gasteiger partial charge in [-0.25, -0.2) is 0 Å². The second-order valence-electron chi connectivity index (χ2n) is 8.35. The molecule has 1 unspecified atom stereocenters. The molecule has 0 radical (unpaired) electrons. The van der Waals surface area contributed by atoms with Gasteiger partial charge in [0.15, 0.2) is 5.96 Å². The number of ether oxygens (including phenoxy) is 1. The fourth-order valence-electron chi connectivity index (χ4n) is 4.27. The van der Waals surface area contributed by atoms with Gasteiger partial charge < -0.3 is 19.9 Å². The van der Waals surface area contributed by atoms with Crippen molar-refractivity contribution in [2.24, 2.45) is 4.99 Å². The Morgan fingerprint density at radius 2 is 1.81 bits per heavy atom. The van der Waals surface area contributed by atoms with E-state index in [1.54, 1.807) is 0 Å². The molecule has 32 heavy (non-hydrogen) atoms. The summed E-state index contributed by atoms with van der Waals surface area (Å²) in [6.45, 7) is 11.3. The molecule has 2 fully saturated rings. The van der Waals surface area contributed by atoms with Crippen LogP contribution < -0.4 is 10.1 Å². The normalized spacial score (nSPS) is 18.3. The van der Waals surface area contributed by atoms with Crippen molar-refractivity contribution < 1.29 is 9.53 Å². The third kappa shape index (κ3) is 6.64. The Bertz CT molecular complexity index is 788. The third-order valence-electron chi connectivity index (χ3n) is 6.18. The van der Waals surface area contributed by atoms with Gasteiger partial charge in [0.2, 0.25) is 5.91 Å². The maximum absolute atomic E-state index is 12.7. The molecule has 2 heterocycles. The van der Waals surface area contributed by atoms with Gasteiger partial charge in [-0.2, -0.15) is 0 Å². The topological polar surface area (TPSA) is 60.4 Å². The van der Waals surface area contributed by atoms with E-state index in [1.165, 1.54) is 5.56 Å². The lowest BCUT2D eigenvalue weighted by molar-refractivity contribution is -0.135. The Morgan fingerprint density at radius 1 is 1.12 bits per heavy atom. The van der Waals surface area contributed by atoms with E-state index < -0.39 is 0 Å². The van der Waals surface area contributed by atoms with Gasteiger partial charge in [0.05, 0.1) is 6.04 Å². The zero-order valence-electron chi connectivity index (χ0n) is 19.6. The van der Waals surface area contributed by atoms with Crippen molar-refractivity contribution in [1.82, 2.24) is 20.0 Å². The van der Waals surface area contributed by atoms with E-state index in [9.17, 15) is 4.79 Å². The fourth-order valence-corrected chi connectivity index (χ4v) is 4.27. The predicted molar refractivity (Wildman–Crippen MR) is 129 cm³/mol. The van der Waals surface area contributed by atoms with E-state index in [2.05, 4.69) is 47.0 Å². The molecule has 1 atom stereocenters. The first kappa shape index (κ1) is 23.9. The van der Waals surface area contributed by atoms with Crippen LogP contribution in [-0.4, -0.2) is 91.6 Å². The van der Waals surface area contributed by atoms with Gasteiger partial charge in [0.1, 0.15) is 12.4 Å². The number of benzene rings is 1. The number of nitrogens with one attached hydrogen (secondary N) is 1. The number of carbonyl (C=O) groups is 1. The van der Waals surface area contributed by atoms with Gasteiger partial charge in [-0.3, -0.25) is 14.7 Å². The number of nitrogens with zero attached hydrogens (tertiary/aromatic N) is 4. The largest absolute Gasteiger partial charge is 0.481 e. The summed E-state index contributed by atoms with van der Waals surface area (Å²) in [4.78, 5) is 24.2. The molecule has 0 aliphatic carbocycles. The molecule has 0 bridgehead atoms. The van der Waals surface area contributed by atoms with Crippen LogP contribution in [-0.2, 0) is 11.2 Å². The summed E-state index contributed by atoms with van der Waals surface area (Å²) in [6.07, 6.45) is 8.37. The number of hydrogen-bond acceptors (Lipinski definition) is 4. The second-order valence-corrected chi connectivity index (χ2v) is 8.35. The standard InChI is InChI=1S/C25H37N5O2/c1-4-20-32-23-10-8-22(9-11-23)12-13-27-25(26-5-2)30-18-16-28(17-19-30)21(3)24(31)29-14-6-7-15-29/h1,8-11,21H,5-7,12-20H2,2-3H3,(H,26,27). The maximum atomic E-state index is 12.7. The molecular formula is C25H37N5O2. The molecule has 2 aliphatic heterocycles. The van der Waals surface area contributed by atoms with Gasteiger partial charge in [0, 0.05) is 52.4 Å². The monoisotopic (exact) mass is 439 g/mol. The van der Waals surface area contributed by atoms with Gasteiger partial charge in [0.25, 0.3) is 0 Å². The van der Waals surface area contributed by atoms with Crippen molar-refractivity contribution in [3.05, 3.63) is 29.8 Å². The summed E-state index contributed by atoms with van der Waals surface area (Å²) in [5.41, 5.74) is 1.22. The average molecular weight is 440 g/mol. The molecule has 0 spiro atoms. The summed E-state index contributed by atoms with van der Waals surface area (Å²) < 4.78 is 5.43. The Labute approximate surface area is 192 Å². The molecule has 174 valence electrons. The molecule has 2 aliphatic rings. The first-order valence-corrected chi connectivity index (χ1v) is 11.8. The van der Waals surface area contributed by atoms with E-state index >= 15 is 0 Å². The average Bonchev–Trinajstić information content (AvgIpc) is 3.37. The summed E-state index contributed by atoms with van der Waals surface area (Å²) in [7, 11) is 0. The molecule has 3 rings (SSSR count). The number of hydrogen-bond donors (Lipinski definition) is 1. The van der Waals surface area contributed by atoms with Crippen LogP contribution in [0.15, 0.2) is 29.3 Å². The highest BCUT2D eigenvalue weighted by Gasteiger charge is 2.30. The van der Waals surface area contributed by atoms with Crippen molar-refractivity contribution in [1.29, 1.82) is 0 Å². The predicted octanol–water partition coefficient (Wildman–Crippen LogP) is 1.84. The molecular weight excluding hydrogens is 402 g/mol. The highest BCUT2D eigenvalue weighted by molar-refractivity contribution is 5.82. The van der Waals surface area contributed by atoms with Crippen LogP contribution in [0.2, 0.25) is 0 Å². The number of terminal acetylenes is 1. The highest BCUT2D eigenvalue weighted by atomic mass is 16.5. The van der Waals surface area contributed by atoms with Crippen LogP contribution in [0.4, 0.5) is 0 Å². The summed E-state index contributed by atoms with van der Waals surface area (Å²) in [6, 6.07) is 7.98. The Hall–Kier alpha value is -2.72. The minimum absolute atomic E-state index is 0.0395. The third-order valence-corrected chi connectivity index (χ3v) is 6.18. The molecule has 1 amide bonds. The fraction of sp³-hybridized carbons (Fsp3) is 0.600. The van der Waals surface area contributed by atoms with Crippen LogP contribution in [0.25, 0.3) is 0 Å². The number of guanidine groups is 1. The van der Waals surface area contributed by atoms with Crippen LogP contribution in [0, 0.1) is 12.3 Å². The van der Waals surface area contributed by atoms with Gasteiger partial charge >= 0.3 is 0 Å². The number of carbonyl (C=O) groups excluding carboxylic acids is 1. The molecule has 1 aromatic rings. The summed E-state index contributed by atoms with van der Waals surface area (Å²) >= 11 is 0. The van der Waals surface area contributed by atoms with Gasteiger partial charge in [-0.05, 0) is 50.8 Å². The lowest BCUT2D eigenvalue weighted by Gasteiger charge is -2.39. The lowest BCUT2D eigenvalue weighted by atomic mass is 10.1. The van der Waals surface area contributed by atoms with Gasteiger partial charge in [-0.15, -0.1) is 6.42 Å². The minimum atomic E-state index is -0.0395. The van der Waals surface area contributed by atoms with Crippen molar-refractivity contribution >= 4 is 11.9 Å². The van der Waals surface area contributed by atoms with E-state index in [0.717, 1.165) is 83.3 Å². The van der Waals surface area contributed by atoms with Gasteiger partial charge in [-0.1, -0.05) is 18.1 Å². The number of aliphatic imine (C=N–C) groups is 1. The van der Waals surface area contributed by atoms with Crippen molar-refractivity contribution in [3.8, 4) is 18.1 Å². The van der Waals surface area contributed by atoms with Crippen LogP contribution in [0.5, 0.6) is 5.75 Å². The molecule has 2 saturated heterocycles. The maximum Gasteiger partial charge on any atom is 0.239 e. The first-order valence-electron chi connectivity index (χ1n) is 11.8. The van der Waals surface area contributed by atoms with Crippen LogP contribution >= 0.6 is 0 Å². The SMILES string of the molecule is C#CCOc1ccc(CCN=C(NCC)N2CCN(C(C)C(=O)N3CCCC3)CC2)cc1. The second kappa shape index (κ2) is 12.4. The van der Waals surface area contributed by atoms with Crippen molar-refractivity contribution in [3.63, 3.8) is 0 Å². The first-order chi connectivity index (χ1) is 15.6. The zero-order valence-corrected chi connectivity index (χ0v) is 19.6. The number of likely N-dealkylation sites (tertiary alicyclic amines) is 1. The Kier molecular flexibility index (Phi) is 9.24. The number of rotatable bonds is 8. The minimum Gasteiger partial charge on any atom is -0.481 e. The summed E-state index contributed by atoms with van der Waals surface area (Å²) in [5.74, 6) is 4.51. The number of piperazine rings is 1. The van der Waals surface area contributed by atoms with Crippen molar-refractivity contribution in [2.45, 2.75) is 39.2 Å². The Balaban J connectivity index is 1.48. The molecule has 1 N–H and O–H groups in total. The number of amides is 1. The molecule has 0 saturated carbocycles. The molecule has 1 aromatic carbocycles. The van der Waals surface area contributed by atoms with E-state index in [4.69, 9.17) is 16.2 Å². The van der Waals surface area contributed by atoms with E-state index in [1.807, 2.05) is 17.0 Å². The van der Waals surface area contributed by atoms with Crippen LogP contribution in [0.3, 0.4) is 0 Å². The molecule has 7 nitrogen and oxygen atoms in total. The Morgan fingerprint density at radius 3 is 2.44 bits per heavy atom. The summed E-state index contributed by atoms with van der Waals surface area (Å²) in [5, 5.41) is 3.43. The quantitative estimate of drug-likeness (QED) is 0.381. The van der Waals surface area contributed by atoms with Crippen molar-refractivity contribution in [2.75, 3.05) is 59.0 Å². The van der Waals surface area contributed by atoms with Crippen LogP contribution in [0.1, 0.15) is 32.3 Å². The van der Waals surface area contributed by atoms with E-state index in [0.29, 0.717) is 0 Å². The molecule has 0 aromatic heterocycles. The molecule has 7 heteroatoms. The zero-order chi connectivity index (χ0) is 22.8. The lowest BCUT2D eigenvalue weighted by Crippen LogP contribution is -2.57. The smallest absolute Gasteiger partial charge is 0.239 e. The highest BCUT2D eigenvalue weighted by Crippen LogP contribution is 2.15.